The largest absolute Gasteiger partial charge is 0.493 e. The van der Waals surface area contributed by atoms with E-state index in [1.165, 1.54) is 6.26 Å². The molecule has 19 heavy (non-hydrogen) atoms. The Morgan fingerprint density at radius 1 is 1.26 bits per heavy atom. The van der Waals surface area contributed by atoms with Crippen molar-refractivity contribution in [1.82, 2.24) is 4.90 Å². The Morgan fingerprint density at radius 2 is 2.11 bits per heavy atom. The molecular weight excluding hydrogens is 242 g/mol. The van der Waals surface area contributed by atoms with Gasteiger partial charge in [-0.1, -0.05) is 18.2 Å². The number of benzene rings is 1. The second-order valence-corrected chi connectivity index (χ2v) is 4.58. The van der Waals surface area contributed by atoms with Gasteiger partial charge in [0.25, 0.3) is 5.91 Å². The summed E-state index contributed by atoms with van der Waals surface area (Å²) in [4.78, 5) is 14.0. The van der Waals surface area contributed by atoms with Crippen LogP contribution in [0, 0.1) is 0 Å². The fourth-order valence-corrected chi connectivity index (χ4v) is 2.44. The number of hydrogen-bond donors (Lipinski definition) is 0. The molecule has 4 heteroatoms. The molecule has 0 N–H and O–H groups in total. The average Bonchev–Trinajstić information content (AvgIpc) is 2.99. The van der Waals surface area contributed by atoms with Crippen LogP contribution in [0.25, 0.3) is 0 Å². The van der Waals surface area contributed by atoms with Crippen LogP contribution in [0.3, 0.4) is 0 Å². The highest BCUT2D eigenvalue weighted by Gasteiger charge is 2.28. The Labute approximate surface area is 111 Å². The van der Waals surface area contributed by atoms with Crippen LogP contribution in [0.2, 0.25) is 0 Å². The molecule has 3 rings (SSSR count). The number of nitrogens with zero attached hydrogens (tertiary/aromatic N) is 1. The third kappa shape index (κ3) is 2.10. The van der Waals surface area contributed by atoms with Gasteiger partial charge >= 0.3 is 0 Å². The van der Waals surface area contributed by atoms with Crippen LogP contribution in [-0.2, 0) is 0 Å². The van der Waals surface area contributed by atoms with E-state index in [0.717, 1.165) is 17.7 Å². The molecule has 1 unspecified atom stereocenters. The van der Waals surface area contributed by atoms with Crippen molar-refractivity contribution in [3.8, 4) is 5.75 Å². The van der Waals surface area contributed by atoms with Gasteiger partial charge in [-0.15, -0.1) is 0 Å². The van der Waals surface area contributed by atoms with Crippen LogP contribution in [-0.4, -0.2) is 24.5 Å². The number of furan rings is 1. The van der Waals surface area contributed by atoms with Gasteiger partial charge in [-0.2, -0.15) is 0 Å². The molecule has 1 aliphatic heterocycles. The maximum absolute atomic E-state index is 12.3. The topological polar surface area (TPSA) is 42.7 Å². The van der Waals surface area contributed by atoms with Crippen LogP contribution in [0.1, 0.15) is 28.6 Å². The summed E-state index contributed by atoms with van der Waals surface area (Å²) in [6, 6.07) is 11.3. The summed E-state index contributed by atoms with van der Waals surface area (Å²) in [5.74, 6) is 1.12. The minimum absolute atomic E-state index is 0.0301. The molecule has 0 radical (unpaired) electrons. The fourth-order valence-electron chi connectivity index (χ4n) is 2.44. The lowest BCUT2D eigenvalue weighted by Gasteiger charge is -2.32. The maximum atomic E-state index is 12.3. The lowest BCUT2D eigenvalue weighted by atomic mass is 9.99. The first kappa shape index (κ1) is 11.8. The molecule has 0 fully saturated rings. The zero-order chi connectivity index (χ0) is 13.2. The number of para-hydroxylation sites is 1. The Hall–Kier alpha value is -2.23. The van der Waals surface area contributed by atoms with Crippen molar-refractivity contribution in [2.24, 2.45) is 0 Å². The van der Waals surface area contributed by atoms with Gasteiger partial charge in [0.15, 0.2) is 5.76 Å². The summed E-state index contributed by atoms with van der Waals surface area (Å²) >= 11 is 0. The highest BCUT2D eigenvalue weighted by atomic mass is 16.5. The van der Waals surface area contributed by atoms with Crippen molar-refractivity contribution in [3.05, 3.63) is 54.0 Å². The molecule has 0 spiro atoms. The minimum Gasteiger partial charge on any atom is -0.493 e. The van der Waals surface area contributed by atoms with Crippen molar-refractivity contribution >= 4 is 5.91 Å². The van der Waals surface area contributed by atoms with E-state index in [2.05, 4.69) is 0 Å². The maximum Gasteiger partial charge on any atom is 0.289 e. The Morgan fingerprint density at radius 3 is 2.89 bits per heavy atom. The van der Waals surface area contributed by atoms with E-state index in [-0.39, 0.29) is 11.9 Å². The summed E-state index contributed by atoms with van der Waals surface area (Å²) in [6.45, 7) is 0.622. The third-order valence-corrected chi connectivity index (χ3v) is 3.45. The van der Waals surface area contributed by atoms with Gasteiger partial charge in [-0.25, -0.2) is 0 Å². The molecule has 0 saturated carbocycles. The van der Waals surface area contributed by atoms with E-state index in [0.29, 0.717) is 12.4 Å². The minimum atomic E-state index is -0.105. The standard InChI is InChI=1S/C15H15NO3/c1-16(15(17)14-7-4-9-18-14)12-8-10-19-13-6-3-2-5-11(12)13/h2-7,9,12H,8,10H2,1H3. The Balaban J connectivity index is 1.89. The van der Waals surface area contributed by atoms with Crippen molar-refractivity contribution in [2.75, 3.05) is 13.7 Å². The van der Waals surface area contributed by atoms with Crippen LogP contribution >= 0.6 is 0 Å². The second-order valence-electron chi connectivity index (χ2n) is 4.58. The molecule has 0 aliphatic carbocycles. The van der Waals surface area contributed by atoms with Crippen molar-refractivity contribution in [1.29, 1.82) is 0 Å². The molecule has 1 aromatic carbocycles. The van der Waals surface area contributed by atoms with E-state index in [9.17, 15) is 4.79 Å². The van der Waals surface area contributed by atoms with E-state index in [1.54, 1.807) is 24.1 Å². The first-order chi connectivity index (χ1) is 9.27. The van der Waals surface area contributed by atoms with E-state index >= 15 is 0 Å². The van der Waals surface area contributed by atoms with Crippen molar-refractivity contribution < 1.29 is 13.9 Å². The van der Waals surface area contributed by atoms with Crippen molar-refractivity contribution in [2.45, 2.75) is 12.5 Å². The predicted octanol–water partition coefficient (Wildman–Crippen LogP) is 2.88. The highest BCUT2D eigenvalue weighted by Crippen LogP contribution is 2.35. The van der Waals surface area contributed by atoms with Crippen molar-refractivity contribution in [3.63, 3.8) is 0 Å². The lowest BCUT2D eigenvalue weighted by Crippen LogP contribution is -2.34. The lowest BCUT2D eigenvalue weighted by molar-refractivity contribution is 0.0654. The molecule has 1 aromatic heterocycles. The number of carbonyl (C=O) groups is 1. The molecule has 1 amide bonds. The first-order valence-electron chi connectivity index (χ1n) is 6.30. The van der Waals surface area contributed by atoms with Gasteiger partial charge in [-0.3, -0.25) is 4.79 Å². The number of hydrogen-bond acceptors (Lipinski definition) is 3. The summed E-state index contributed by atoms with van der Waals surface area (Å²) in [5, 5.41) is 0. The highest BCUT2D eigenvalue weighted by molar-refractivity contribution is 5.91. The van der Waals surface area contributed by atoms with E-state index in [1.807, 2.05) is 24.3 Å². The van der Waals surface area contributed by atoms with Gasteiger partial charge in [0, 0.05) is 19.0 Å². The molecule has 1 aliphatic rings. The molecule has 98 valence electrons. The summed E-state index contributed by atoms with van der Waals surface area (Å²) in [7, 11) is 1.80. The van der Waals surface area contributed by atoms with Crippen LogP contribution < -0.4 is 4.74 Å². The average molecular weight is 257 g/mol. The molecule has 2 heterocycles. The number of amides is 1. The van der Waals surface area contributed by atoms with E-state index in [4.69, 9.17) is 9.15 Å². The third-order valence-electron chi connectivity index (χ3n) is 3.45. The van der Waals surface area contributed by atoms with Gasteiger partial charge < -0.3 is 14.1 Å². The molecule has 0 saturated heterocycles. The second kappa shape index (κ2) is 4.80. The normalized spacial score (nSPS) is 17.4. The SMILES string of the molecule is CN(C(=O)c1ccco1)C1CCOc2ccccc21. The monoisotopic (exact) mass is 257 g/mol. The number of fused-ring (bicyclic) bond motifs is 1. The summed E-state index contributed by atoms with van der Waals surface area (Å²) in [6.07, 6.45) is 2.30. The summed E-state index contributed by atoms with van der Waals surface area (Å²) < 4.78 is 10.8. The summed E-state index contributed by atoms with van der Waals surface area (Å²) in [5.41, 5.74) is 1.05. The van der Waals surface area contributed by atoms with Crippen LogP contribution in [0.15, 0.2) is 47.1 Å². The van der Waals surface area contributed by atoms with Gasteiger partial charge in [0.2, 0.25) is 0 Å². The van der Waals surface area contributed by atoms with Crippen LogP contribution in [0.4, 0.5) is 0 Å². The first-order valence-corrected chi connectivity index (χ1v) is 6.30. The molecular formula is C15H15NO3. The zero-order valence-electron chi connectivity index (χ0n) is 10.7. The quantitative estimate of drug-likeness (QED) is 0.830. The molecule has 2 aromatic rings. The molecule has 4 nitrogen and oxygen atoms in total. The number of ether oxygens (including phenoxy) is 1. The van der Waals surface area contributed by atoms with E-state index < -0.39 is 0 Å². The Bertz CT molecular complexity index is 577. The predicted molar refractivity (Wildman–Crippen MR) is 70.1 cm³/mol. The molecule has 0 bridgehead atoms. The van der Waals surface area contributed by atoms with Crippen LogP contribution in [0.5, 0.6) is 5.75 Å². The Kier molecular flexibility index (Phi) is 2.99. The van der Waals surface area contributed by atoms with Gasteiger partial charge in [0.05, 0.1) is 18.9 Å². The van der Waals surface area contributed by atoms with Gasteiger partial charge in [-0.05, 0) is 18.2 Å². The van der Waals surface area contributed by atoms with Gasteiger partial charge in [0.1, 0.15) is 5.75 Å². The fraction of sp³-hybridized carbons (Fsp3) is 0.267. The number of carbonyl (C=O) groups excluding carboxylic acids is 1. The molecule has 1 atom stereocenters. The smallest absolute Gasteiger partial charge is 0.289 e. The zero-order valence-corrected chi connectivity index (χ0v) is 10.7. The number of rotatable bonds is 2.